The van der Waals surface area contributed by atoms with Gasteiger partial charge in [0.1, 0.15) is 5.56 Å². The molecule has 0 bridgehead atoms. The summed E-state index contributed by atoms with van der Waals surface area (Å²) in [7, 11) is 1.40. The van der Waals surface area contributed by atoms with Gasteiger partial charge in [0.2, 0.25) is 5.43 Å². The smallest absolute Gasteiger partial charge is 0.344 e. The van der Waals surface area contributed by atoms with Crippen molar-refractivity contribution in [2.45, 2.75) is 6.92 Å². The van der Waals surface area contributed by atoms with Gasteiger partial charge < -0.3 is 9.47 Å². The molecule has 0 atom stereocenters. The Balaban J connectivity index is 2.26. The predicted octanol–water partition coefficient (Wildman–Crippen LogP) is 2.54. The summed E-state index contributed by atoms with van der Waals surface area (Å²) in [5.41, 5.74) is 0.899. The summed E-state index contributed by atoms with van der Waals surface area (Å²) in [5, 5.41) is 1.50. The lowest BCUT2D eigenvalue weighted by Gasteiger charge is -2.00. The molecule has 26 heavy (non-hydrogen) atoms. The minimum absolute atomic E-state index is 0.00206. The molecule has 6 nitrogen and oxygen atoms in total. The Kier molecular flexibility index (Phi) is 3.61. The summed E-state index contributed by atoms with van der Waals surface area (Å²) in [5.74, 6) is -0.527. The summed E-state index contributed by atoms with van der Waals surface area (Å²) in [6.45, 7) is 1.87. The zero-order valence-corrected chi connectivity index (χ0v) is 14.2. The normalized spacial score (nSPS) is 11.3. The number of fused-ring (bicyclic) bond motifs is 3. The highest BCUT2D eigenvalue weighted by molar-refractivity contribution is 6.11. The van der Waals surface area contributed by atoms with Crippen LogP contribution >= 0.6 is 0 Å². The molecule has 0 spiro atoms. The first-order valence-electron chi connectivity index (χ1n) is 8.16. The lowest BCUT2D eigenvalue weighted by molar-refractivity contribution is 0.0526. The average Bonchev–Trinajstić information content (AvgIpc) is 2.87. The molecule has 4 rings (SSSR count). The highest BCUT2D eigenvalue weighted by Crippen LogP contribution is 2.36. The Hall–Kier alpha value is -3.41. The van der Waals surface area contributed by atoms with Crippen molar-refractivity contribution in [1.29, 1.82) is 0 Å². The number of methoxy groups -OCH3 is 1. The van der Waals surface area contributed by atoms with Gasteiger partial charge in [0.05, 0.1) is 24.9 Å². The first-order chi connectivity index (χ1) is 12.6. The van der Waals surface area contributed by atoms with Crippen LogP contribution in [0.3, 0.4) is 0 Å². The van der Waals surface area contributed by atoms with E-state index in [1.807, 2.05) is 12.1 Å². The van der Waals surface area contributed by atoms with Gasteiger partial charge in [0, 0.05) is 22.4 Å². The van der Waals surface area contributed by atoms with Crippen molar-refractivity contribution in [2.24, 2.45) is 0 Å². The van der Waals surface area contributed by atoms with Gasteiger partial charge in [-0.2, -0.15) is 0 Å². The lowest BCUT2D eigenvalue weighted by Crippen LogP contribution is -2.17. The standard InChI is InChI=1S/C20H15NO5/c1-3-26-20(24)17-13-7-5-4-6-12-11-8-9-15(22)16(25-2)10-14(11)21(18(12)13)19(17)23/h4-10H,3H2,1-2H3. The monoisotopic (exact) mass is 349 g/mol. The lowest BCUT2D eigenvalue weighted by atomic mass is 10.1. The number of carbonyl (C=O) groups is 1. The first-order valence-corrected chi connectivity index (χ1v) is 8.16. The summed E-state index contributed by atoms with van der Waals surface area (Å²) in [6, 6.07) is 11.8. The second-order valence-electron chi connectivity index (χ2n) is 5.84. The second-order valence-corrected chi connectivity index (χ2v) is 5.84. The van der Waals surface area contributed by atoms with E-state index in [1.54, 1.807) is 25.1 Å². The fourth-order valence-electron chi connectivity index (χ4n) is 3.40. The molecule has 1 aromatic carbocycles. The molecule has 0 saturated carbocycles. The Morgan fingerprint density at radius 2 is 1.85 bits per heavy atom. The van der Waals surface area contributed by atoms with Crippen LogP contribution in [0.4, 0.5) is 0 Å². The van der Waals surface area contributed by atoms with Crippen LogP contribution in [0.15, 0.2) is 52.1 Å². The highest BCUT2D eigenvalue weighted by Gasteiger charge is 2.29. The summed E-state index contributed by atoms with van der Waals surface area (Å²) in [4.78, 5) is 37.5. The molecule has 130 valence electrons. The number of esters is 1. The van der Waals surface area contributed by atoms with Crippen molar-refractivity contribution in [1.82, 2.24) is 4.40 Å². The summed E-state index contributed by atoms with van der Waals surface area (Å²) >= 11 is 0. The predicted molar refractivity (Wildman–Crippen MR) is 97.8 cm³/mol. The van der Waals surface area contributed by atoms with E-state index < -0.39 is 11.5 Å². The molecule has 0 fully saturated rings. The van der Waals surface area contributed by atoms with E-state index in [1.165, 1.54) is 23.6 Å². The topological polar surface area (TPSA) is 74.1 Å². The van der Waals surface area contributed by atoms with Crippen molar-refractivity contribution < 1.29 is 14.3 Å². The maximum Gasteiger partial charge on any atom is 0.344 e. The Morgan fingerprint density at radius 1 is 1.08 bits per heavy atom. The van der Waals surface area contributed by atoms with Gasteiger partial charge in [0.15, 0.2) is 5.75 Å². The highest BCUT2D eigenvalue weighted by atomic mass is 16.5. The Bertz CT molecular complexity index is 1240. The van der Waals surface area contributed by atoms with Gasteiger partial charge >= 0.3 is 5.97 Å². The maximum absolute atomic E-state index is 13.1. The number of hydrogen-bond acceptors (Lipinski definition) is 5. The molecule has 0 saturated heterocycles. The number of hydrogen-bond donors (Lipinski definition) is 0. The van der Waals surface area contributed by atoms with Crippen molar-refractivity contribution in [3.63, 3.8) is 0 Å². The van der Waals surface area contributed by atoms with Crippen LogP contribution in [0.2, 0.25) is 0 Å². The van der Waals surface area contributed by atoms with Crippen LogP contribution in [0.1, 0.15) is 17.3 Å². The zero-order chi connectivity index (χ0) is 18.4. The summed E-state index contributed by atoms with van der Waals surface area (Å²) in [6.07, 6.45) is 0. The molecule has 0 radical (unpaired) electrons. The molecule has 0 amide bonds. The number of nitrogens with zero attached hydrogens (tertiary/aromatic N) is 1. The SMILES string of the molecule is CCOC(=O)c1c2ccccc3c-2n(c1=O)c1cc(OC)c(=O)ccc31. The third kappa shape index (κ3) is 2.08. The van der Waals surface area contributed by atoms with Crippen molar-refractivity contribution in [2.75, 3.05) is 13.7 Å². The van der Waals surface area contributed by atoms with Gasteiger partial charge in [0.25, 0.3) is 5.56 Å². The second kappa shape index (κ2) is 5.84. The largest absolute Gasteiger partial charge is 0.493 e. The minimum Gasteiger partial charge on any atom is -0.493 e. The van der Waals surface area contributed by atoms with E-state index in [9.17, 15) is 14.4 Å². The van der Waals surface area contributed by atoms with Gasteiger partial charge in [-0.25, -0.2) is 4.79 Å². The quantitative estimate of drug-likeness (QED) is 0.532. The van der Waals surface area contributed by atoms with Gasteiger partial charge in [-0.05, 0) is 19.1 Å². The Labute approximate surface area is 147 Å². The van der Waals surface area contributed by atoms with Gasteiger partial charge in [-0.1, -0.05) is 24.3 Å². The van der Waals surface area contributed by atoms with E-state index in [0.29, 0.717) is 16.8 Å². The number of aromatic nitrogens is 1. The minimum atomic E-state index is -0.654. The van der Waals surface area contributed by atoms with Gasteiger partial charge in [-0.3, -0.25) is 14.0 Å². The van der Waals surface area contributed by atoms with Crippen LogP contribution in [0.5, 0.6) is 5.75 Å². The Morgan fingerprint density at radius 3 is 2.58 bits per heavy atom. The van der Waals surface area contributed by atoms with Crippen LogP contribution in [0.25, 0.3) is 27.5 Å². The number of rotatable bonds is 3. The van der Waals surface area contributed by atoms with Crippen LogP contribution in [-0.4, -0.2) is 24.1 Å². The molecule has 1 aliphatic carbocycles. The third-order valence-electron chi connectivity index (χ3n) is 4.48. The molecule has 2 heterocycles. The fraction of sp³-hybridized carbons (Fsp3) is 0.150. The zero-order valence-electron chi connectivity index (χ0n) is 14.2. The van der Waals surface area contributed by atoms with E-state index >= 15 is 0 Å². The van der Waals surface area contributed by atoms with Crippen LogP contribution in [-0.2, 0) is 4.74 Å². The third-order valence-corrected chi connectivity index (χ3v) is 4.48. The molecule has 6 heteroatoms. The van der Waals surface area contributed by atoms with Crippen molar-refractivity contribution in [3.05, 3.63) is 68.6 Å². The molecule has 0 unspecified atom stereocenters. The van der Waals surface area contributed by atoms with E-state index in [0.717, 1.165) is 10.8 Å². The van der Waals surface area contributed by atoms with Crippen molar-refractivity contribution >= 4 is 22.3 Å². The fourth-order valence-corrected chi connectivity index (χ4v) is 3.40. The molecule has 0 N–H and O–H groups in total. The van der Waals surface area contributed by atoms with Crippen molar-refractivity contribution in [3.8, 4) is 17.0 Å². The van der Waals surface area contributed by atoms with Crippen LogP contribution in [0, 0.1) is 0 Å². The average molecular weight is 349 g/mol. The van der Waals surface area contributed by atoms with Gasteiger partial charge in [-0.15, -0.1) is 0 Å². The number of carbonyl (C=O) groups excluding carboxylic acids is 1. The molecule has 1 aliphatic heterocycles. The van der Waals surface area contributed by atoms with E-state index in [4.69, 9.17) is 9.47 Å². The molecule has 2 aliphatic rings. The molecular formula is C20H15NO5. The summed E-state index contributed by atoms with van der Waals surface area (Å²) < 4.78 is 11.7. The number of ether oxygens (including phenoxy) is 2. The maximum atomic E-state index is 13.1. The first kappa shape index (κ1) is 16.1. The molecular weight excluding hydrogens is 334 g/mol. The molecule has 2 aromatic rings. The molecule has 1 aromatic heterocycles. The van der Waals surface area contributed by atoms with E-state index in [2.05, 4.69) is 0 Å². The van der Waals surface area contributed by atoms with Crippen LogP contribution < -0.4 is 15.7 Å². The van der Waals surface area contributed by atoms with E-state index in [-0.39, 0.29) is 23.3 Å².